The van der Waals surface area contributed by atoms with Crippen LogP contribution < -0.4 is 5.32 Å². The topological polar surface area (TPSA) is 29.1 Å². The quantitative estimate of drug-likeness (QED) is 0.875. The molecule has 17 heavy (non-hydrogen) atoms. The summed E-state index contributed by atoms with van der Waals surface area (Å²) in [5, 5.41) is 3.72. The van der Waals surface area contributed by atoms with Crippen LogP contribution in [0, 0.1) is 5.92 Å². The monoisotopic (exact) mass is 251 g/mol. The fourth-order valence-electron chi connectivity index (χ4n) is 2.35. The summed E-state index contributed by atoms with van der Waals surface area (Å²) >= 11 is 5.90. The number of benzene rings is 1. The van der Waals surface area contributed by atoms with Gasteiger partial charge in [0.25, 0.3) is 0 Å². The zero-order chi connectivity index (χ0) is 12.1. The molecule has 1 aromatic rings. The SMILES string of the molecule is O=C(NCc1cccc(Cl)c1)C1CCCCC1. The zero-order valence-corrected chi connectivity index (χ0v) is 10.7. The maximum Gasteiger partial charge on any atom is 0.223 e. The van der Waals surface area contributed by atoms with Crippen molar-refractivity contribution in [3.05, 3.63) is 34.9 Å². The average molecular weight is 252 g/mol. The smallest absolute Gasteiger partial charge is 0.223 e. The van der Waals surface area contributed by atoms with Gasteiger partial charge in [-0.15, -0.1) is 0 Å². The zero-order valence-electron chi connectivity index (χ0n) is 9.92. The molecule has 1 aromatic carbocycles. The van der Waals surface area contributed by atoms with Crippen molar-refractivity contribution >= 4 is 17.5 Å². The van der Waals surface area contributed by atoms with Crippen molar-refractivity contribution in [1.82, 2.24) is 5.32 Å². The Morgan fingerprint density at radius 1 is 1.29 bits per heavy atom. The van der Waals surface area contributed by atoms with E-state index in [1.807, 2.05) is 24.3 Å². The summed E-state index contributed by atoms with van der Waals surface area (Å²) in [6, 6.07) is 7.62. The maximum absolute atomic E-state index is 11.9. The minimum Gasteiger partial charge on any atom is -0.352 e. The highest BCUT2D eigenvalue weighted by Gasteiger charge is 2.20. The van der Waals surface area contributed by atoms with Crippen molar-refractivity contribution in [2.45, 2.75) is 38.6 Å². The van der Waals surface area contributed by atoms with Crippen LogP contribution in [0.5, 0.6) is 0 Å². The van der Waals surface area contributed by atoms with Crippen molar-refractivity contribution in [1.29, 1.82) is 0 Å². The molecule has 0 aromatic heterocycles. The van der Waals surface area contributed by atoms with Crippen LogP contribution in [0.25, 0.3) is 0 Å². The van der Waals surface area contributed by atoms with Gasteiger partial charge in [-0.2, -0.15) is 0 Å². The van der Waals surface area contributed by atoms with E-state index in [-0.39, 0.29) is 11.8 Å². The number of halogens is 1. The van der Waals surface area contributed by atoms with Gasteiger partial charge in [0.05, 0.1) is 0 Å². The van der Waals surface area contributed by atoms with Crippen LogP contribution in [0.1, 0.15) is 37.7 Å². The second-order valence-electron chi connectivity index (χ2n) is 4.68. The number of amides is 1. The number of rotatable bonds is 3. The first-order chi connectivity index (χ1) is 8.25. The number of hydrogen-bond donors (Lipinski definition) is 1. The van der Waals surface area contributed by atoms with Crippen molar-refractivity contribution in [3.8, 4) is 0 Å². The van der Waals surface area contributed by atoms with Gasteiger partial charge in [0.15, 0.2) is 0 Å². The van der Waals surface area contributed by atoms with E-state index in [1.54, 1.807) is 0 Å². The minimum atomic E-state index is 0.199. The van der Waals surface area contributed by atoms with Gasteiger partial charge in [-0.3, -0.25) is 4.79 Å². The lowest BCUT2D eigenvalue weighted by atomic mass is 9.88. The lowest BCUT2D eigenvalue weighted by molar-refractivity contribution is -0.126. The summed E-state index contributed by atoms with van der Waals surface area (Å²) in [5.41, 5.74) is 1.06. The van der Waals surface area contributed by atoms with Crippen LogP contribution in [-0.4, -0.2) is 5.91 Å². The fourth-order valence-corrected chi connectivity index (χ4v) is 2.56. The van der Waals surface area contributed by atoms with Crippen LogP contribution in [0.3, 0.4) is 0 Å². The summed E-state index contributed by atoms with van der Waals surface area (Å²) in [5.74, 6) is 0.424. The Balaban J connectivity index is 1.83. The highest BCUT2D eigenvalue weighted by molar-refractivity contribution is 6.30. The number of hydrogen-bond acceptors (Lipinski definition) is 1. The standard InChI is InChI=1S/C14H18ClNO/c15-13-8-4-5-11(9-13)10-16-14(17)12-6-2-1-3-7-12/h4-5,8-9,12H,1-3,6-7,10H2,(H,16,17). The van der Waals surface area contributed by atoms with Gasteiger partial charge < -0.3 is 5.32 Å². The molecule has 1 aliphatic carbocycles. The number of carbonyl (C=O) groups excluding carboxylic acids is 1. The molecule has 92 valence electrons. The van der Waals surface area contributed by atoms with Crippen molar-refractivity contribution in [2.24, 2.45) is 5.92 Å². The van der Waals surface area contributed by atoms with Crippen molar-refractivity contribution < 1.29 is 4.79 Å². The van der Waals surface area contributed by atoms with Crippen LogP contribution in [0.4, 0.5) is 0 Å². The largest absolute Gasteiger partial charge is 0.352 e. The number of nitrogens with one attached hydrogen (secondary N) is 1. The van der Waals surface area contributed by atoms with E-state index in [0.717, 1.165) is 23.4 Å². The molecule has 0 atom stereocenters. The first kappa shape index (κ1) is 12.4. The van der Waals surface area contributed by atoms with Gasteiger partial charge in [0.2, 0.25) is 5.91 Å². The molecule has 0 bridgehead atoms. The molecular weight excluding hydrogens is 234 g/mol. The molecule has 0 saturated heterocycles. The molecule has 0 radical (unpaired) electrons. The third-order valence-electron chi connectivity index (χ3n) is 3.33. The third-order valence-corrected chi connectivity index (χ3v) is 3.57. The Labute approximate surface area is 107 Å². The highest BCUT2D eigenvalue weighted by atomic mass is 35.5. The summed E-state index contributed by atoms with van der Waals surface area (Å²) in [6.07, 6.45) is 5.74. The Morgan fingerprint density at radius 2 is 2.06 bits per heavy atom. The molecule has 0 unspecified atom stereocenters. The molecule has 1 aliphatic rings. The predicted octanol–water partition coefficient (Wildman–Crippen LogP) is 3.54. The van der Waals surface area contributed by atoms with E-state index in [9.17, 15) is 4.79 Å². The van der Waals surface area contributed by atoms with Gasteiger partial charge in [-0.1, -0.05) is 43.0 Å². The van der Waals surface area contributed by atoms with Gasteiger partial charge >= 0.3 is 0 Å². The van der Waals surface area contributed by atoms with Crippen LogP contribution in [0.15, 0.2) is 24.3 Å². The van der Waals surface area contributed by atoms with Crippen molar-refractivity contribution in [3.63, 3.8) is 0 Å². The molecule has 0 heterocycles. The summed E-state index contributed by atoms with van der Waals surface area (Å²) in [4.78, 5) is 11.9. The van der Waals surface area contributed by atoms with Crippen molar-refractivity contribution in [2.75, 3.05) is 0 Å². The van der Waals surface area contributed by atoms with Crippen LogP contribution >= 0.6 is 11.6 Å². The molecule has 0 spiro atoms. The van der Waals surface area contributed by atoms with E-state index < -0.39 is 0 Å². The van der Waals surface area contributed by atoms with E-state index in [4.69, 9.17) is 11.6 Å². The molecule has 2 nitrogen and oxygen atoms in total. The maximum atomic E-state index is 11.9. The second-order valence-corrected chi connectivity index (χ2v) is 5.12. The molecule has 1 amide bonds. The Bertz CT molecular complexity index is 386. The van der Waals surface area contributed by atoms with Gasteiger partial charge in [-0.05, 0) is 30.5 Å². The minimum absolute atomic E-state index is 0.199. The number of carbonyl (C=O) groups is 1. The predicted molar refractivity (Wildman–Crippen MR) is 69.9 cm³/mol. The first-order valence-corrected chi connectivity index (χ1v) is 6.65. The first-order valence-electron chi connectivity index (χ1n) is 6.28. The van der Waals surface area contributed by atoms with Crippen LogP contribution in [0.2, 0.25) is 5.02 Å². The Kier molecular flexibility index (Phi) is 4.43. The summed E-state index contributed by atoms with van der Waals surface area (Å²) < 4.78 is 0. The van der Waals surface area contributed by atoms with E-state index >= 15 is 0 Å². The lowest BCUT2D eigenvalue weighted by Crippen LogP contribution is -2.31. The highest BCUT2D eigenvalue weighted by Crippen LogP contribution is 2.23. The summed E-state index contributed by atoms with van der Waals surface area (Å²) in [6.45, 7) is 0.579. The lowest BCUT2D eigenvalue weighted by Gasteiger charge is -2.20. The Hall–Kier alpha value is -1.02. The molecule has 1 N–H and O–H groups in total. The second kappa shape index (κ2) is 6.06. The van der Waals surface area contributed by atoms with Crippen LogP contribution in [-0.2, 0) is 11.3 Å². The molecular formula is C14H18ClNO. The molecule has 3 heteroatoms. The molecule has 2 rings (SSSR count). The fraction of sp³-hybridized carbons (Fsp3) is 0.500. The Morgan fingerprint density at radius 3 is 2.76 bits per heavy atom. The summed E-state index contributed by atoms with van der Waals surface area (Å²) in [7, 11) is 0. The normalized spacial score (nSPS) is 16.8. The van der Waals surface area contributed by atoms with E-state index in [1.165, 1.54) is 19.3 Å². The molecule has 0 aliphatic heterocycles. The van der Waals surface area contributed by atoms with E-state index in [0.29, 0.717) is 6.54 Å². The van der Waals surface area contributed by atoms with Gasteiger partial charge in [0.1, 0.15) is 0 Å². The van der Waals surface area contributed by atoms with Gasteiger partial charge in [0, 0.05) is 17.5 Å². The average Bonchev–Trinajstić information content (AvgIpc) is 2.37. The third kappa shape index (κ3) is 3.74. The molecule has 1 saturated carbocycles. The molecule has 1 fully saturated rings. The van der Waals surface area contributed by atoms with E-state index in [2.05, 4.69) is 5.32 Å². The van der Waals surface area contributed by atoms with Gasteiger partial charge in [-0.25, -0.2) is 0 Å².